The molecule has 0 saturated carbocycles. The molecule has 3 aliphatic rings. The molecule has 4 aromatic carbocycles. The van der Waals surface area contributed by atoms with E-state index < -0.39 is 0 Å². The lowest BCUT2D eigenvalue weighted by Crippen LogP contribution is -2.27. The summed E-state index contributed by atoms with van der Waals surface area (Å²) in [5, 5.41) is 0. The Bertz CT molecular complexity index is 1200. The van der Waals surface area contributed by atoms with Crippen LogP contribution < -0.4 is 14.4 Å². The maximum atomic E-state index is 6.33. The third kappa shape index (κ3) is 1.65. The Kier molecular flexibility index (Phi) is 2.54. The fourth-order valence-corrected chi connectivity index (χ4v) is 4.85. The summed E-state index contributed by atoms with van der Waals surface area (Å²) in [4.78, 5) is 2.32. The minimum absolute atomic E-state index is 0.131. The molecule has 0 unspecified atom stereocenters. The molecule has 0 amide bonds. The number of anilines is 3. The van der Waals surface area contributed by atoms with Crippen LogP contribution in [0.4, 0.5) is 17.1 Å². The third-order valence-corrected chi connectivity index (χ3v) is 5.91. The van der Waals surface area contributed by atoms with Crippen molar-refractivity contribution in [3.63, 3.8) is 0 Å². The number of hydrogen-bond acceptors (Lipinski definition) is 3. The van der Waals surface area contributed by atoms with E-state index in [2.05, 4.69) is 65.6 Å². The van der Waals surface area contributed by atoms with E-state index in [-0.39, 0.29) is 5.92 Å². The quantitative estimate of drug-likeness (QED) is 0.319. The first kappa shape index (κ1) is 14.4. The van der Waals surface area contributed by atoms with Gasteiger partial charge >= 0.3 is 0 Å². The highest BCUT2D eigenvalue weighted by Crippen LogP contribution is 2.64. The molecule has 0 N–H and O–H groups in total. The van der Waals surface area contributed by atoms with E-state index in [0.29, 0.717) is 0 Å². The second-order valence-corrected chi connectivity index (χ2v) is 7.35. The molecule has 7 rings (SSSR count). The molecule has 0 saturated heterocycles. The number of rotatable bonds is 1. The van der Waals surface area contributed by atoms with Gasteiger partial charge in [-0.1, -0.05) is 36.4 Å². The first-order valence-electron chi connectivity index (χ1n) is 9.50. The molecule has 3 nitrogen and oxygen atoms in total. The van der Waals surface area contributed by atoms with Gasteiger partial charge in [0.25, 0.3) is 0 Å². The molecule has 0 aromatic heterocycles. The molecule has 3 heterocycles. The summed E-state index contributed by atoms with van der Waals surface area (Å²) in [5.41, 5.74) is 7.04. The van der Waals surface area contributed by atoms with Crippen molar-refractivity contribution in [2.75, 3.05) is 4.90 Å². The molecule has 3 heteroatoms. The van der Waals surface area contributed by atoms with Crippen LogP contribution in [0.15, 0.2) is 84.9 Å². The normalized spacial score (nSPS) is 14.8. The van der Waals surface area contributed by atoms with Crippen LogP contribution >= 0.6 is 0 Å². The van der Waals surface area contributed by atoms with Gasteiger partial charge in [0.2, 0.25) is 0 Å². The topological polar surface area (TPSA) is 21.7 Å². The van der Waals surface area contributed by atoms with Gasteiger partial charge in [-0.25, -0.2) is 0 Å². The number of ether oxygens (including phenoxy) is 2. The molecular weight excluding hydrogens is 346 g/mol. The fourth-order valence-electron chi connectivity index (χ4n) is 4.85. The molecule has 0 fully saturated rings. The highest BCUT2D eigenvalue weighted by atomic mass is 16.5. The largest absolute Gasteiger partial charge is 0.457 e. The predicted molar refractivity (Wildman–Crippen MR) is 109 cm³/mol. The van der Waals surface area contributed by atoms with Gasteiger partial charge in [0.1, 0.15) is 23.0 Å². The van der Waals surface area contributed by atoms with Gasteiger partial charge in [0, 0.05) is 22.4 Å². The Morgan fingerprint density at radius 1 is 0.500 bits per heavy atom. The van der Waals surface area contributed by atoms with Crippen molar-refractivity contribution in [2.24, 2.45) is 0 Å². The zero-order chi connectivity index (χ0) is 18.2. The molecule has 132 valence electrons. The Labute approximate surface area is 162 Å². The SMILES string of the molecule is c1ccc(N2c3cccc4c3C3c5c(cccc5Oc5cccc2c53)O4)cc1. The average Bonchev–Trinajstić information content (AvgIpc) is 2.75. The Hall–Kier alpha value is -3.72. The molecule has 0 atom stereocenters. The maximum absolute atomic E-state index is 6.33. The van der Waals surface area contributed by atoms with Crippen molar-refractivity contribution >= 4 is 17.1 Å². The van der Waals surface area contributed by atoms with Crippen LogP contribution in [0.3, 0.4) is 0 Å². The Morgan fingerprint density at radius 2 is 1.00 bits per heavy atom. The lowest BCUT2D eigenvalue weighted by molar-refractivity contribution is 0.409. The third-order valence-electron chi connectivity index (χ3n) is 5.91. The molecule has 28 heavy (non-hydrogen) atoms. The average molecular weight is 361 g/mol. The first-order chi connectivity index (χ1) is 13.9. The second kappa shape index (κ2) is 4.96. The van der Waals surface area contributed by atoms with Gasteiger partial charge < -0.3 is 14.4 Å². The molecule has 0 radical (unpaired) electrons. The van der Waals surface area contributed by atoms with E-state index in [4.69, 9.17) is 9.47 Å². The van der Waals surface area contributed by atoms with Crippen molar-refractivity contribution in [3.8, 4) is 23.0 Å². The Morgan fingerprint density at radius 3 is 1.57 bits per heavy atom. The lowest BCUT2D eigenvalue weighted by Gasteiger charge is -2.43. The van der Waals surface area contributed by atoms with Crippen molar-refractivity contribution in [1.82, 2.24) is 0 Å². The summed E-state index contributed by atoms with van der Waals surface area (Å²) >= 11 is 0. The van der Waals surface area contributed by atoms with Gasteiger partial charge in [0.05, 0.1) is 17.3 Å². The van der Waals surface area contributed by atoms with Crippen LogP contribution in [0.1, 0.15) is 22.6 Å². The van der Waals surface area contributed by atoms with E-state index in [9.17, 15) is 0 Å². The van der Waals surface area contributed by atoms with Gasteiger partial charge in [0.15, 0.2) is 0 Å². The van der Waals surface area contributed by atoms with Crippen LogP contribution in [0.2, 0.25) is 0 Å². The molecule has 0 bridgehead atoms. The summed E-state index contributed by atoms with van der Waals surface area (Å²) in [6.45, 7) is 0. The Balaban J connectivity index is 1.63. The zero-order valence-corrected chi connectivity index (χ0v) is 14.9. The maximum Gasteiger partial charge on any atom is 0.135 e. The number of para-hydroxylation sites is 1. The van der Waals surface area contributed by atoms with Crippen LogP contribution in [0, 0.1) is 0 Å². The van der Waals surface area contributed by atoms with Gasteiger partial charge in [-0.3, -0.25) is 0 Å². The van der Waals surface area contributed by atoms with Crippen molar-refractivity contribution in [3.05, 3.63) is 102 Å². The molecule has 0 spiro atoms. The van der Waals surface area contributed by atoms with Crippen LogP contribution in [0.25, 0.3) is 0 Å². The van der Waals surface area contributed by atoms with Crippen LogP contribution in [-0.2, 0) is 0 Å². The van der Waals surface area contributed by atoms with E-state index in [1.54, 1.807) is 0 Å². The number of nitrogens with zero attached hydrogens (tertiary/aromatic N) is 1. The molecular formula is C25H15NO2. The lowest BCUT2D eigenvalue weighted by atomic mass is 9.76. The zero-order valence-electron chi connectivity index (χ0n) is 14.9. The summed E-state index contributed by atoms with van der Waals surface area (Å²) in [5.74, 6) is 3.76. The molecule has 4 aromatic rings. The van der Waals surface area contributed by atoms with E-state index in [1.807, 2.05) is 24.3 Å². The summed E-state index contributed by atoms with van der Waals surface area (Å²) < 4.78 is 12.7. The van der Waals surface area contributed by atoms with E-state index >= 15 is 0 Å². The smallest absolute Gasteiger partial charge is 0.135 e. The highest BCUT2D eigenvalue weighted by Gasteiger charge is 2.44. The van der Waals surface area contributed by atoms with E-state index in [1.165, 1.54) is 22.5 Å². The first-order valence-corrected chi connectivity index (χ1v) is 9.50. The highest BCUT2D eigenvalue weighted by molar-refractivity contribution is 5.90. The standard InChI is InChI=1S/C25H15NO2/c1-2-7-15(8-3-1)26-16-9-4-11-18-22(16)25-23-17(26)10-5-12-19(23)28-21-14-6-13-20(27-18)24(21)25/h1-14,25H. The molecule has 3 aliphatic heterocycles. The van der Waals surface area contributed by atoms with Crippen LogP contribution in [0.5, 0.6) is 23.0 Å². The van der Waals surface area contributed by atoms with Gasteiger partial charge in [-0.05, 0) is 48.5 Å². The minimum atomic E-state index is 0.131. The van der Waals surface area contributed by atoms with Gasteiger partial charge in [-0.15, -0.1) is 0 Å². The summed E-state index contributed by atoms with van der Waals surface area (Å²) in [6.07, 6.45) is 0. The minimum Gasteiger partial charge on any atom is -0.457 e. The van der Waals surface area contributed by atoms with Crippen molar-refractivity contribution in [1.29, 1.82) is 0 Å². The second-order valence-electron chi connectivity index (χ2n) is 7.35. The number of benzene rings is 4. The van der Waals surface area contributed by atoms with Crippen LogP contribution in [-0.4, -0.2) is 0 Å². The summed E-state index contributed by atoms with van der Waals surface area (Å²) in [6, 6.07) is 29.2. The number of hydrogen-bond donors (Lipinski definition) is 0. The summed E-state index contributed by atoms with van der Waals surface area (Å²) in [7, 11) is 0. The fraction of sp³-hybridized carbons (Fsp3) is 0.0400. The monoisotopic (exact) mass is 361 g/mol. The van der Waals surface area contributed by atoms with Gasteiger partial charge in [-0.2, -0.15) is 0 Å². The molecule has 0 aliphatic carbocycles. The van der Waals surface area contributed by atoms with E-state index in [0.717, 1.165) is 34.2 Å². The van der Waals surface area contributed by atoms with Crippen molar-refractivity contribution < 1.29 is 9.47 Å². The predicted octanol–water partition coefficient (Wildman–Crippen LogP) is 6.86. The van der Waals surface area contributed by atoms with Crippen molar-refractivity contribution in [2.45, 2.75) is 5.92 Å².